The van der Waals surface area contributed by atoms with Crippen LogP contribution in [-0.2, 0) is 6.42 Å². The van der Waals surface area contributed by atoms with E-state index in [1.165, 1.54) is 4.68 Å². The molecule has 0 amide bonds. The highest BCUT2D eigenvalue weighted by atomic mass is 79.9. The molecular formula is C12H14BrN3O. The van der Waals surface area contributed by atoms with Gasteiger partial charge in [0.15, 0.2) is 5.82 Å². The Kier molecular flexibility index (Phi) is 3.47. The standard InChI is InChI=1S/C12H14BrN3O/c1-3-4-9-11(13)12(17)16(15-9)10-7-8(2)5-6-14-10/h5-7,15H,3-4H2,1-2H3. The van der Waals surface area contributed by atoms with Crippen molar-refractivity contribution in [1.82, 2.24) is 14.8 Å². The topological polar surface area (TPSA) is 50.7 Å². The summed E-state index contributed by atoms with van der Waals surface area (Å²) in [5.41, 5.74) is 1.90. The number of aromatic amines is 1. The SMILES string of the molecule is CCCc1[nH]n(-c2cc(C)ccn2)c(=O)c1Br. The van der Waals surface area contributed by atoms with E-state index in [-0.39, 0.29) is 5.56 Å². The maximum absolute atomic E-state index is 12.0. The molecule has 2 rings (SSSR count). The predicted octanol–water partition coefficient (Wildman–Crippen LogP) is 2.58. The van der Waals surface area contributed by atoms with E-state index in [4.69, 9.17) is 0 Å². The molecule has 0 saturated heterocycles. The number of hydrogen-bond acceptors (Lipinski definition) is 2. The number of halogens is 1. The first-order chi connectivity index (χ1) is 8.13. The van der Waals surface area contributed by atoms with Gasteiger partial charge in [0.1, 0.15) is 4.47 Å². The van der Waals surface area contributed by atoms with Crippen LogP contribution in [0.25, 0.3) is 5.82 Å². The molecular weight excluding hydrogens is 282 g/mol. The number of aryl methyl sites for hydroxylation is 2. The molecule has 0 fully saturated rings. The Labute approximate surface area is 108 Å². The normalized spacial score (nSPS) is 10.8. The Morgan fingerprint density at radius 3 is 2.94 bits per heavy atom. The van der Waals surface area contributed by atoms with Crippen LogP contribution in [0.3, 0.4) is 0 Å². The molecule has 0 aliphatic carbocycles. The Hall–Kier alpha value is -1.36. The summed E-state index contributed by atoms with van der Waals surface area (Å²) in [7, 11) is 0. The first kappa shape index (κ1) is 12.1. The van der Waals surface area contributed by atoms with Gasteiger partial charge in [-0.25, -0.2) is 9.67 Å². The zero-order valence-corrected chi connectivity index (χ0v) is 11.4. The van der Waals surface area contributed by atoms with Crippen molar-refractivity contribution in [3.8, 4) is 5.82 Å². The first-order valence-electron chi connectivity index (χ1n) is 5.56. The lowest BCUT2D eigenvalue weighted by molar-refractivity contribution is 0.774. The fourth-order valence-electron chi connectivity index (χ4n) is 1.68. The van der Waals surface area contributed by atoms with Crippen LogP contribution < -0.4 is 5.56 Å². The van der Waals surface area contributed by atoms with Gasteiger partial charge in [0.2, 0.25) is 0 Å². The number of H-pyrrole nitrogens is 1. The van der Waals surface area contributed by atoms with Gasteiger partial charge < -0.3 is 0 Å². The molecule has 0 aliphatic rings. The predicted molar refractivity (Wildman–Crippen MR) is 70.6 cm³/mol. The van der Waals surface area contributed by atoms with Crippen LogP contribution in [0.5, 0.6) is 0 Å². The maximum Gasteiger partial charge on any atom is 0.287 e. The van der Waals surface area contributed by atoms with Crippen LogP contribution >= 0.6 is 15.9 Å². The number of hydrogen-bond donors (Lipinski definition) is 1. The van der Waals surface area contributed by atoms with Gasteiger partial charge in [-0.3, -0.25) is 9.89 Å². The molecule has 0 unspecified atom stereocenters. The minimum Gasteiger partial charge on any atom is -0.292 e. The van der Waals surface area contributed by atoms with Crippen LogP contribution in [0.15, 0.2) is 27.6 Å². The third-order valence-corrected chi connectivity index (χ3v) is 3.35. The van der Waals surface area contributed by atoms with Gasteiger partial charge in [0.05, 0.1) is 5.69 Å². The zero-order valence-electron chi connectivity index (χ0n) is 9.83. The number of pyridine rings is 1. The fourth-order valence-corrected chi connectivity index (χ4v) is 2.15. The van der Waals surface area contributed by atoms with Crippen molar-refractivity contribution in [2.45, 2.75) is 26.7 Å². The van der Waals surface area contributed by atoms with Crippen molar-refractivity contribution in [3.05, 3.63) is 44.4 Å². The monoisotopic (exact) mass is 295 g/mol. The molecule has 1 N–H and O–H groups in total. The molecule has 0 saturated carbocycles. The first-order valence-corrected chi connectivity index (χ1v) is 6.35. The number of nitrogens with zero attached hydrogens (tertiary/aromatic N) is 2. The minimum absolute atomic E-state index is 0.0912. The summed E-state index contributed by atoms with van der Waals surface area (Å²) in [5, 5.41) is 3.09. The molecule has 0 bridgehead atoms. The summed E-state index contributed by atoms with van der Waals surface area (Å²) in [6.07, 6.45) is 3.53. The molecule has 2 heterocycles. The van der Waals surface area contributed by atoms with Crippen molar-refractivity contribution >= 4 is 15.9 Å². The van der Waals surface area contributed by atoms with E-state index in [0.29, 0.717) is 10.3 Å². The van der Waals surface area contributed by atoms with Crippen LogP contribution in [0.2, 0.25) is 0 Å². The van der Waals surface area contributed by atoms with Gasteiger partial charge in [-0.15, -0.1) is 0 Å². The van der Waals surface area contributed by atoms with Gasteiger partial charge in [-0.1, -0.05) is 13.3 Å². The molecule has 5 heteroatoms. The summed E-state index contributed by atoms with van der Waals surface area (Å²) in [6.45, 7) is 4.05. The Balaban J connectivity index is 2.53. The molecule has 2 aromatic heterocycles. The zero-order chi connectivity index (χ0) is 12.4. The molecule has 2 aromatic rings. The number of nitrogens with one attached hydrogen (secondary N) is 1. The Bertz CT molecular complexity index is 586. The third kappa shape index (κ3) is 2.34. The highest BCUT2D eigenvalue weighted by Gasteiger charge is 2.12. The maximum atomic E-state index is 12.0. The summed E-state index contributed by atoms with van der Waals surface area (Å²) in [6, 6.07) is 3.78. The summed E-state index contributed by atoms with van der Waals surface area (Å²) in [4.78, 5) is 16.2. The van der Waals surface area contributed by atoms with Crippen molar-refractivity contribution in [2.75, 3.05) is 0 Å². The van der Waals surface area contributed by atoms with Crippen LogP contribution in [0.4, 0.5) is 0 Å². The van der Waals surface area contributed by atoms with Gasteiger partial charge in [0, 0.05) is 6.20 Å². The minimum atomic E-state index is -0.0912. The van der Waals surface area contributed by atoms with Crippen molar-refractivity contribution in [2.24, 2.45) is 0 Å². The largest absolute Gasteiger partial charge is 0.292 e. The van der Waals surface area contributed by atoms with Gasteiger partial charge in [-0.05, 0) is 47.0 Å². The molecule has 17 heavy (non-hydrogen) atoms. The van der Waals surface area contributed by atoms with Crippen LogP contribution in [0, 0.1) is 6.92 Å². The molecule has 0 atom stereocenters. The van der Waals surface area contributed by atoms with Gasteiger partial charge in [-0.2, -0.15) is 0 Å². The third-order valence-electron chi connectivity index (χ3n) is 2.53. The summed E-state index contributed by atoms with van der Waals surface area (Å²) >= 11 is 3.33. The van der Waals surface area contributed by atoms with Crippen molar-refractivity contribution in [1.29, 1.82) is 0 Å². The van der Waals surface area contributed by atoms with E-state index < -0.39 is 0 Å². The second-order valence-electron chi connectivity index (χ2n) is 3.99. The second kappa shape index (κ2) is 4.87. The van der Waals surface area contributed by atoms with E-state index in [9.17, 15) is 4.79 Å². The number of aromatic nitrogens is 3. The van der Waals surface area contributed by atoms with Crippen LogP contribution in [0.1, 0.15) is 24.6 Å². The molecule has 0 aliphatic heterocycles. The lowest BCUT2D eigenvalue weighted by atomic mass is 10.3. The molecule has 90 valence electrons. The Morgan fingerprint density at radius 1 is 1.53 bits per heavy atom. The highest BCUT2D eigenvalue weighted by Crippen LogP contribution is 2.13. The van der Waals surface area contributed by atoms with E-state index in [2.05, 4.69) is 32.9 Å². The average Bonchev–Trinajstić information content (AvgIpc) is 2.58. The quantitative estimate of drug-likeness (QED) is 0.946. The lowest BCUT2D eigenvalue weighted by Gasteiger charge is -2.01. The van der Waals surface area contributed by atoms with E-state index in [0.717, 1.165) is 24.1 Å². The van der Waals surface area contributed by atoms with Crippen LogP contribution in [-0.4, -0.2) is 14.8 Å². The molecule has 0 spiro atoms. The average molecular weight is 296 g/mol. The van der Waals surface area contributed by atoms with Gasteiger partial charge >= 0.3 is 0 Å². The van der Waals surface area contributed by atoms with Crippen molar-refractivity contribution in [3.63, 3.8) is 0 Å². The van der Waals surface area contributed by atoms with Crippen molar-refractivity contribution < 1.29 is 0 Å². The van der Waals surface area contributed by atoms with Gasteiger partial charge in [0.25, 0.3) is 5.56 Å². The summed E-state index contributed by atoms with van der Waals surface area (Å²) < 4.78 is 2.07. The fraction of sp³-hybridized carbons (Fsp3) is 0.333. The summed E-state index contributed by atoms with van der Waals surface area (Å²) in [5.74, 6) is 0.623. The molecule has 0 aromatic carbocycles. The van der Waals surface area contributed by atoms with E-state index in [1.54, 1.807) is 6.20 Å². The highest BCUT2D eigenvalue weighted by molar-refractivity contribution is 9.10. The lowest BCUT2D eigenvalue weighted by Crippen LogP contribution is -2.15. The molecule has 0 radical (unpaired) electrons. The van der Waals surface area contributed by atoms with E-state index in [1.807, 2.05) is 19.1 Å². The Morgan fingerprint density at radius 2 is 2.29 bits per heavy atom. The second-order valence-corrected chi connectivity index (χ2v) is 4.78. The number of rotatable bonds is 3. The molecule has 4 nitrogen and oxygen atoms in total. The smallest absolute Gasteiger partial charge is 0.287 e. The van der Waals surface area contributed by atoms with E-state index >= 15 is 0 Å².